The molecule has 3 N–H and O–H groups in total. The molecule has 94 valence electrons. The third kappa shape index (κ3) is 3.15. The quantitative estimate of drug-likeness (QED) is 0.590. The fraction of sp³-hybridized carbons (Fsp3) is 1.00. The highest BCUT2D eigenvalue weighted by molar-refractivity contribution is 4.88. The number of likely N-dealkylation sites (N-methyl/N-ethyl adjacent to an activating group) is 1. The molecule has 2 fully saturated rings. The average molecular weight is 228 g/mol. The molecule has 0 aromatic heterocycles. The monoisotopic (exact) mass is 228 g/mol. The summed E-state index contributed by atoms with van der Waals surface area (Å²) < 4.78 is 0. The van der Waals surface area contributed by atoms with Crippen molar-refractivity contribution in [3.63, 3.8) is 0 Å². The molecule has 0 saturated carbocycles. The maximum atomic E-state index is 10.5. The highest BCUT2D eigenvalue weighted by Crippen LogP contribution is 2.22. The standard InChI is InChI=1S/C11H24N4O/c1-13-6-8-14(9-7-13)10-11(16)2-4-15(12)5-3-11/h16H,2-10,12H2,1H3. The summed E-state index contributed by atoms with van der Waals surface area (Å²) in [7, 11) is 2.15. The first-order valence-corrected chi connectivity index (χ1v) is 6.20. The second-order valence-corrected chi connectivity index (χ2v) is 5.34. The van der Waals surface area contributed by atoms with Gasteiger partial charge in [-0.1, -0.05) is 0 Å². The molecule has 0 bridgehead atoms. The first-order chi connectivity index (χ1) is 7.57. The van der Waals surface area contributed by atoms with Crippen LogP contribution in [-0.4, -0.2) is 78.4 Å². The number of rotatable bonds is 2. The molecule has 2 rings (SSSR count). The van der Waals surface area contributed by atoms with E-state index in [1.54, 1.807) is 5.01 Å². The van der Waals surface area contributed by atoms with Crippen LogP contribution in [0.5, 0.6) is 0 Å². The van der Waals surface area contributed by atoms with Crippen LogP contribution in [0.4, 0.5) is 0 Å². The second-order valence-electron chi connectivity index (χ2n) is 5.34. The second kappa shape index (κ2) is 4.98. The zero-order valence-electron chi connectivity index (χ0n) is 10.2. The van der Waals surface area contributed by atoms with E-state index in [2.05, 4.69) is 16.8 Å². The Bertz CT molecular complexity index is 220. The van der Waals surface area contributed by atoms with Crippen LogP contribution in [0.25, 0.3) is 0 Å². The van der Waals surface area contributed by atoms with Gasteiger partial charge in [-0.2, -0.15) is 0 Å². The summed E-state index contributed by atoms with van der Waals surface area (Å²) in [4.78, 5) is 4.72. The van der Waals surface area contributed by atoms with Gasteiger partial charge in [-0.15, -0.1) is 0 Å². The van der Waals surface area contributed by atoms with E-state index in [4.69, 9.17) is 5.84 Å². The Hall–Kier alpha value is -0.200. The molecule has 2 saturated heterocycles. The number of hydrazine groups is 1. The molecule has 0 aromatic rings. The van der Waals surface area contributed by atoms with Gasteiger partial charge in [-0.25, -0.2) is 5.01 Å². The minimum atomic E-state index is -0.508. The maximum absolute atomic E-state index is 10.5. The van der Waals surface area contributed by atoms with E-state index in [0.29, 0.717) is 0 Å². The van der Waals surface area contributed by atoms with Gasteiger partial charge in [0.25, 0.3) is 0 Å². The number of nitrogens with zero attached hydrogens (tertiary/aromatic N) is 3. The molecule has 5 heteroatoms. The third-order valence-corrected chi connectivity index (χ3v) is 3.84. The van der Waals surface area contributed by atoms with E-state index < -0.39 is 5.60 Å². The number of aliphatic hydroxyl groups is 1. The molecular formula is C11H24N4O. The van der Waals surface area contributed by atoms with E-state index in [0.717, 1.165) is 58.7 Å². The van der Waals surface area contributed by atoms with Crippen LogP contribution in [0.1, 0.15) is 12.8 Å². The summed E-state index contributed by atoms with van der Waals surface area (Å²) in [6, 6.07) is 0. The van der Waals surface area contributed by atoms with Crippen molar-refractivity contribution in [2.45, 2.75) is 18.4 Å². The fourth-order valence-electron chi connectivity index (χ4n) is 2.52. The average Bonchev–Trinajstić information content (AvgIpc) is 2.27. The van der Waals surface area contributed by atoms with Crippen molar-refractivity contribution in [1.29, 1.82) is 0 Å². The molecule has 0 aliphatic carbocycles. The molecule has 0 amide bonds. The van der Waals surface area contributed by atoms with Gasteiger partial charge >= 0.3 is 0 Å². The van der Waals surface area contributed by atoms with E-state index >= 15 is 0 Å². The lowest BCUT2D eigenvalue weighted by Gasteiger charge is -2.41. The zero-order valence-corrected chi connectivity index (χ0v) is 10.2. The summed E-state index contributed by atoms with van der Waals surface area (Å²) in [6.45, 7) is 6.80. The van der Waals surface area contributed by atoms with Crippen LogP contribution in [0.3, 0.4) is 0 Å². The smallest absolute Gasteiger partial charge is 0.0799 e. The Morgan fingerprint density at radius 3 is 2.19 bits per heavy atom. The molecule has 0 radical (unpaired) electrons. The van der Waals surface area contributed by atoms with Crippen LogP contribution in [0.2, 0.25) is 0 Å². The summed E-state index contributed by atoms with van der Waals surface area (Å²) >= 11 is 0. The summed E-state index contributed by atoms with van der Waals surface area (Å²) in [5, 5.41) is 12.3. The Morgan fingerprint density at radius 2 is 1.62 bits per heavy atom. The van der Waals surface area contributed by atoms with Crippen molar-refractivity contribution < 1.29 is 5.11 Å². The Labute approximate surface area is 97.8 Å². The Morgan fingerprint density at radius 1 is 1.06 bits per heavy atom. The number of piperidine rings is 1. The lowest BCUT2D eigenvalue weighted by atomic mass is 9.91. The van der Waals surface area contributed by atoms with Crippen LogP contribution < -0.4 is 5.84 Å². The lowest BCUT2D eigenvalue weighted by molar-refractivity contribution is -0.0516. The highest BCUT2D eigenvalue weighted by Gasteiger charge is 2.33. The predicted octanol–water partition coefficient (Wildman–Crippen LogP) is -1.07. The van der Waals surface area contributed by atoms with E-state index in [1.807, 2.05) is 0 Å². The van der Waals surface area contributed by atoms with Crippen molar-refractivity contribution in [3.8, 4) is 0 Å². The maximum Gasteiger partial charge on any atom is 0.0799 e. The molecule has 0 spiro atoms. The highest BCUT2D eigenvalue weighted by atomic mass is 16.3. The number of β-amino-alcohol motifs (C(OH)–C–C–N with tert-alkyl or cyclic N) is 1. The number of piperazine rings is 1. The van der Waals surface area contributed by atoms with E-state index in [1.165, 1.54) is 0 Å². The number of hydrogen-bond donors (Lipinski definition) is 2. The molecule has 5 nitrogen and oxygen atoms in total. The van der Waals surface area contributed by atoms with Crippen molar-refractivity contribution >= 4 is 0 Å². The molecule has 2 heterocycles. The topological polar surface area (TPSA) is 56.0 Å². The summed E-state index contributed by atoms with van der Waals surface area (Å²) in [6.07, 6.45) is 1.60. The van der Waals surface area contributed by atoms with E-state index in [9.17, 15) is 5.11 Å². The van der Waals surface area contributed by atoms with Gasteiger partial charge in [0.2, 0.25) is 0 Å². The van der Waals surface area contributed by atoms with Gasteiger partial charge in [-0.3, -0.25) is 10.7 Å². The zero-order chi connectivity index (χ0) is 11.6. The fourth-order valence-corrected chi connectivity index (χ4v) is 2.52. The van der Waals surface area contributed by atoms with Crippen LogP contribution in [0.15, 0.2) is 0 Å². The molecule has 16 heavy (non-hydrogen) atoms. The van der Waals surface area contributed by atoms with Crippen LogP contribution >= 0.6 is 0 Å². The SMILES string of the molecule is CN1CCN(CC2(O)CCN(N)CC2)CC1. The van der Waals surface area contributed by atoms with Crippen molar-refractivity contribution in [2.75, 3.05) is 52.9 Å². The number of hydrogen-bond acceptors (Lipinski definition) is 5. The summed E-state index contributed by atoms with van der Waals surface area (Å²) in [5.74, 6) is 5.71. The molecule has 0 unspecified atom stereocenters. The van der Waals surface area contributed by atoms with E-state index in [-0.39, 0.29) is 0 Å². The number of nitrogens with two attached hydrogens (primary N) is 1. The third-order valence-electron chi connectivity index (χ3n) is 3.84. The first-order valence-electron chi connectivity index (χ1n) is 6.20. The first kappa shape index (κ1) is 12.3. The summed E-state index contributed by atoms with van der Waals surface area (Å²) in [5.41, 5.74) is -0.508. The minimum absolute atomic E-state index is 0.508. The largest absolute Gasteiger partial charge is 0.388 e. The van der Waals surface area contributed by atoms with Gasteiger partial charge in [-0.05, 0) is 19.9 Å². The molecule has 2 aliphatic rings. The van der Waals surface area contributed by atoms with Gasteiger partial charge < -0.3 is 10.0 Å². The molecule has 0 aromatic carbocycles. The van der Waals surface area contributed by atoms with Crippen LogP contribution in [-0.2, 0) is 0 Å². The Balaban J connectivity index is 1.80. The van der Waals surface area contributed by atoms with Gasteiger partial charge in [0.15, 0.2) is 0 Å². The van der Waals surface area contributed by atoms with Crippen molar-refractivity contribution in [1.82, 2.24) is 14.8 Å². The molecule has 0 atom stereocenters. The minimum Gasteiger partial charge on any atom is -0.388 e. The lowest BCUT2D eigenvalue weighted by Crippen LogP contribution is -2.55. The van der Waals surface area contributed by atoms with Gasteiger partial charge in [0, 0.05) is 45.8 Å². The van der Waals surface area contributed by atoms with Crippen molar-refractivity contribution in [3.05, 3.63) is 0 Å². The van der Waals surface area contributed by atoms with Gasteiger partial charge in [0.05, 0.1) is 5.60 Å². The predicted molar refractivity (Wildman–Crippen MR) is 63.9 cm³/mol. The van der Waals surface area contributed by atoms with Crippen molar-refractivity contribution in [2.24, 2.45) is 5.84 Å². The van der Waals surface area contributed by atoms with Crippen LogP contribution in [0, 0.1) is 0 Å². The normalized spacial score (nSPS) is 29.4. The Kier molecular flexibility index (Phi) is 3.81. The molecular weight excluding hydrogens is 204 g/mol. The molecule has 2 aliphatic heterocycles. The van der Waals surface area contributed by atoms with Gasteiger partial charge in [0.1, 0.15) is 0 Å².